The van der Waals surface area contributed by atoms with Crippen LogP contribution in [0.25, 0.3) is 0 Å². The van der Waals surface area contributed by atoms with Crippen LogP contribution in [0.2, 0.25) is 0 Å². The highest BCUT2D eigenvalue weighted by Gasteiger charge is 2.30. The van der Waals surface area contributed by atoms with Gasteiger partial charge in [0.25, 0.3) is 5.56 Å². The number of nitrogens with zero attached hydrogens (tertiary/aromatic N) is 2. The van der Waals surface area contributed by atoms with Crippen LogP contribution in [-0.4, -0.2) is 11.2 Å². The van der Waals surface area contributed by atoms with Crippen molar-refractivity contribution in [1.82, 2.24) is 4.57 Å². The molecule has 2 aromatic rings. The van der Waals surface area contributed by atoms with Crippen LogP contribution in [0, 0.1) is 11.3 Å². The molecule has 0 atom stereocenters. The second-order valence-electron chi connectivity index (χ2n) is 4.43. The molecule has 0 bridgehead atoms. The Hall–Kier alpha value is -2.75. The van der Waals surface area contributed by atoms with Gasteiger partial charge in [0.05, 0.1) is 23.7 Å². The van der Waals surface area contributed by atoms with Gasteiger partial charge in [-0.2, -0.15) is 18.4 Å². The zero-order valence-corrected chi connectivity index (χ0v) is 11.3. The Labute approximate surface area is 124 Å². The summed E-state index contributed by atoms with van der Waals surface area (Å²) >= 11 is 0. The molecule has 7 heteroatoms. The van der Waals surface area contributed by atoms with Gasteiger partial charge < -0.3 is 9.30 Å². The number of hydrogen-bond acceptors (Lipinski definition) is 3. The number of benzene rings is 1. The molecule has 4 nitrogen and oxygen atoms in total. The smallest absolute Gasteiger partial charge is 0.417 e. The molecule has 0 radical (unpaired) electrons. The number of aromatic nitrogens is 1. The zero-order valence-electron chi connectivity index (χ0n) is 11.3. The molecule has 0 N–H and O–H groups in total. The molecule has 114 valence electrons. The monoisotopic (exact) mass is 308 g/mol. The van der Waals surface area contributed by atoms with E-state index in [2.05, 4.69) is 0 Å². The molecule has 0 aliphatic carbocycles. The fourth-order valence-corrected chi connectivity index (χ4v) is 1.76. The van der Waals surface area contributed by atoms with Crippen molar-refractivity contribution in [3.05, 3.63) is 64.1 Å². The summed E-state index contributed by atoms with van der Waals surface area (Å²) in [6, 6.07) is 9.86. The van der Waals surface area contributed by atoms with E-state index in [-0.39, 0.29) is 13.2 Å². The molecule has 0 aliphatic rings. The fraction of sp³-hybridized carbons (Fsp3) is 0.200. The first-order chi connectivity index (χ1) is 10.4. The summed E-state index contributed by atoms with van der Waals surface area (Å²) < 4.78 is 44.0. The molecule has 1 heterocycles. The normalized spacial score (nSPS) is 11.0. The van der Waals surface area contributed by atoms with Gasteiger partial charge in [-0.05, 0) is 30.3 Å². The number of pyridine rings is 1. The maximum atomic E-state index is 12.6. The third kappa shape index (κ3) is 3.88. The largest absolute Gasteiger partial charge is 0.492 e. The van der Waals surface area contributed by atoms with Gasteiger partial charge in [0.15, 0.2) is 0 Å². The molecule has 0 amide bonds. The number of alkyl halides is 3. The van der Waals surface area contributed by atoms with Crippen LogP contribution in [0.5, 0.6) is 5.75 Å². The van der Waals surface area contributed by atoms with Crippen molar-refractivity contribution in [3.8, 4) is 11.8 Å². The third-order valence-corrected chi connectivity index (χ3v) is 2.90. The lowest BCUT2D eigenvalue weighted by Crippen LogP contribution is -2.24. The van der Waals surface area contributed by atoms with E-state index in [0.717, 1.165) is 22.9 Å². The maximum Gasteiger partial charge on any atom is 0.417 e. The lowest BCUT2D eigenvalue weighted by molar-refractivity contribution is -0.138. The molecule has 1 aromatic carbocycles. The quantitative estimate of drug-likeness (QED) is 0.872. The lowest BCUT2D eigenvalue weighted by Gasteiger charge is -2.11. The van der Waals surface area contributed by atoms with Gasteiger partial charge in [0.2, 0.25) is 0 Å². The number of halogens is 3. The highest BCUT2D eigenvalue weighted by Crippen LogP contribution is 2.27. The van der Waals surface area contributed by atoms with Gasteiger partial charge in [-0.25, -0.2) is 0 Å². The second kappa shape index (κ2) is 6.35. The number of nitriles is 1. The standard InChI is InChI=1S/C15H11F3N2O2/c16-15(17,18)12-3-6-14(21)20(10-12)7-8-22-13-4-1-11(9-19)2-5-13/h1-6,10H,7-8H2. The van der Waals surface area contributed by atoms with Crippen LogP contribution in [0.4, 0.5) is 13.2 Å². The van der Waals surface area contributed by atoms with Crippen molar-refractivity contribution in [1.29, 1.82) is 5.26 Å². The van der Waals surface area contributed by atoms with E-state index in [9.17, 15) is 18.0 Å². The first kappa shape index (κ1) is 15.6. The summed E-state index contributed by atoms with van der Waals surface area (Å²) in [6.45, 7) is 0.0237. The predicted octanol–water partition coefficient (Wildman–Crippen LogP) is 2.82. The van der Waals surface area contributed by atoms with Crippen LogP contribution in [-0.2, 0) is 12.7 Å². The van der Waals surface area contributed by atoms with Crippen LogP contribution in [0.15, 0.2) is 47.4 Å². The minimum atomic E-state index is -4.50. The second-order valence-corrected chi connectivity index (χ2v) is 4.43. The highest BCUT2D eigenvalue weighted by molar-refractivity contribution is 5.34. The highest BCUT2D eigenvalue weighted by atomic mass is 19.4. The summed E-state index contributed by atoms with van der Waals surface area (Å²) in [7, 11) is 0. The van der Waals surface area contributed by atoms with Gasteiger partial charge in [-0.3, -0.25) is 4.79 Å². The average molecular weight is 308 g/mol. The van der Waals surface area contributed by atoms with E-state index >= 15 is 0 Å². The Bertz CT molecular complexity index is 743. The van der Waals surface area contributed by atoms with Crippen molar-refractivity contribution in [2.24, 2.45) is 0 Å². The molecular formula is C15H11F3N2O2. The molecule has 0 unspecified atom stereocenters. The van der Waals surface area contributed by atoms with Crippen LogP contribution in [0.1, 0.15) is 11.1 Å². The lowest BCUT2D eigenvalue weighted by atomic mass is 10.2. The first-order valence-electron chi connectivity index (χ1n) is 6.31. The third-order valence-electron chi connectivity index (χ3n) is 2.90. The average Bonchev–Trinajstić information content (AvgIpc) is 2.48. The van der Waals surface area contributed by atoms with E-state index in [1.54, 1.807) is 24.3 Å². The molecule has 0 aliphatic heterocycles. The molecule has 0 saturated heterocycles. The SMILES string of the molecule is N#Cc1ccc(OCCn2cc(C(F)(F)F)ccc2=O)cc1. The summed E-state index contributed by atoms with van der Waals surface area (Å²) in [5, 5.41) is 8.65. The number of ether oxygens (including phenoxy) is 1. The van der Waals surface area contributed by atoms with Gasteiger partial charge in [-0.1, -0.05) is 0 Å². The molecule has 0 fully saturated rings. The summed E-state index contributed by atoms with van der Waals surface area (Å²) in [6.07, 6.45) is -3.73. The van der Waals surface area contributed by atoms with Crippen molar-refractivity contribution < 1.29 is 17.9 Å². The van der Waals surface area contributed by atoms with Gasteiger partial charge in [0, 0.05) is 12.3 Å². The van der Waals surface area contributed by atoms with E-state index in [1.807, 2.05) is 6.07 Å². The predicted molar refractivity (Wildman–Crippen MR) is 72.4 cm³/mol. The topological polar surface area (TPSA) is 55.0 Å². The van der Waals surface area contributed by atoms with Crippen molar-refractivity contribution in [2.45, 2.75) is 12.7 Å². The number of hydrogen-bond donors (Lipinski definition) is 0. The minimum absolute atomic E-state index is 0.0112. The van der Waals surface area contributed by atoms with E-state index < -0.39 is 17.3 Å². The summed E-state index contributed by atoms with van der Waals surface area (Å²) in [4.78, 5) is 11.5. The summed E-state index contributed by atoms with van der Waals surface area (Å²) in [5.41, 5.74) is -0.941. The Morgan fingerprint density at radius 1 is 1.14 bits per heavy atom. The molecule has 22 heavy (non-hydrogen) atoms. The number of rotatable bonds is 4. The molecule has 0 saturated carbocycles. The Kier molecular flexibility index (Phi) is 4.51. The van der Waals surface area contributed by atoms with Gasteiger partial charge >= 0.3 is 6.18 Å². The van der Waals surface area contributed by atoms with Crippen molar-refractivity contribution >= 4 is 0 Å². The first-order valence-corrected chi connectivity index (χ1v) is 6.31. The Morgan fingerprint density at radius 3 is 2.41 bits per heavy atom. The molecule has 1 aromatic heterocycles. The van der Waals surface area contributed by atoms with Gasteiger partial charge in [0.1, 0.15) is 12.4 Å². The minimum Gasteiger partial charge on any atom is -0.492 e. The maximum absolute atomic E-state index is 12.6. The van der Waals surface area contributed by atoms with Crippen molar-refractivity contribution in [3.63, 3.8) is 0 Å². The Balaban J connectivity index is 2.02. The van der Waals surface area contributed by atoms with Crippen molar-refractivity contribution in [2.75, 3.05) is 6.61 Å². The molecule has 2 rings (SSSR count). The Morgan fingerprint density at radius 2 is 1.82 bits per heavy atom. The summed E-state index contributed by atoms with van der Waals surface area (Å²) in [5.74, 6) is 0.471. The molecule has 0 spiro atoms. The molecular weight excluding hydrogens is 297 g/mol. The van der Waals surface area contributed by atoms with Crippen LogP contribution in [0.3, 0.4) is 0 Å². The van der Waals surface area contributed by atoms with E-state index in [1.165, 1.54) is 0 Å². The van der Waals surface area contributed by atoms with E-state index in [4.69, 9.17) is 10.00 Å². The van der Waals surface area contributed by atoms with E-state index in [0.29, 0.717) is 11.3 Å². The zero-order chi connectivity index (χ0) is 16.2. The van der Waals surface area contributed by atoms with Crippen LogP contribution >= 0.6 is 0 Å². The van der Waals surface area contributed by atoms with Gasteiger partial charge in [-0.15, -0.1) is 0 Å². The fourth-order valence-electron chi connectivity index (χ4n) is 1.76. The van der Waals surface area contributed by atoms with Crippen LogP contribution < -0.4 is 10.3 Å².